The molecule has 2 aromatic carbocycles. The number of carbonyl (C=O) groups excluding carboxylic acids is 1. The van der Waals surface area contributed by atoms with Crippen molar-refractivity contribution in [3.8, 4) is 5.75 Å². The van der Waals surface area contributed by atoms with Crippen LogP contribution in [0.5, 0.6) is 5.75 Å². The third-order valence-electron chi connectivity index (χ3n) is 6.87. The van der Waals surface area contributed by atoms with E-state index in [1.165, 1.54) is 27.8 Å². The van der Waals surface area contributed by atoms with Gasteiger partial charge in [-0.1, -0.05) is 31.6 Å². The Morgan fingerprint density at radius 1 is 1.08 bits per heavy atom. The Morgan fingerprint density at radius 3 is 2.49 bits per heavy atom. The van der Waals surface area contributed by atoms with Crippen LogP contribution in [0.3, 0.4) is 0 Å². The molecule has 0 spiro atoms. The molecule has 4 rings (SSSR count). The molecule has 0 atom stereocenters. The molecule has 1 amide bonds. The van der Waals surface area contributed by atoms with Crippen molar-refractivity contribution in [2.24, 2.45) is 0 Å². The number of nitrogens with zero attached hydrogens (tertiary/aromatic N) is 4. The Morgan fingerprint density at radius 2 is 1.82 bits per heavy atom. The van der Waals surface area contributed by atoms with Crippen molar-refractivity contribution in [3.05, 3.63) is 48.0 Å². The van der Waals surface area contributed by atoms with Gasteiger partial charge in [0, 0.05) is 50.9 Å². The molecule has 9 nitrogen and oxygen atoms in total. The SMILES string of the molecule is CCCCN(CC)S(=O)(=O)c1ccc(C(=O)N(CCCN2CCOCC2)c2nc3cc(OC)ccc3s2)cc1. The van der Waals surface area contributed by atoms with Crippen LogP contribution < -0.4 is 9.64 Å². The maximum absolute atomic E-state index is 13.8. The summed E-state index contributed by atoms with van der Waals surface area (Å²) < 4.78 is 39.5. The van der Waals surface area contributed by atoms with Gasteiger partial charge in [-0.3, -0.25) is 14.6 Å². The van der Waals surface area contributed by atoms with Crippen molar-refractivity contribution < 1.29 is 22.7 Å². The molecule has 0 N–H and O–H groups in total. The number of thiazole rings is 1. The highest BCUT2D eigenvalue weighted by atomic mass is 32.2. The fraction of sp³-hybridized carbons (Fsp3) is 0.500. The second-order valence-corrected chi connectivity index (χ2v) is 12.4. The number of amides is 1. The number of rotatable bonds is 13. The molecule has 11 heteroatoms. The van der Waals surface area contributed by atoms with Crippen LogP contribution in [0.25, 0.3) is 10.2 Å². The molecule has 0 bridgehead atoms. The van der Waals surface area contributed by atoms with E-state index in [-0.39, 0.29) is 10.8 Å². The van der Waals surface area contributed by atoms with Crippen molar-refractivity contribution in [1.29, 1.82) is 0 Å². The fourth-order valence-corrected chi connectivity index (χ4v) is 7.01. The lowest BCUT2D eigenvalue weighted by Gasteiger charge is -2.27. The third kappa shape index (κ3) is 7.15. The molecule has 39 heavy (non-hydrogen) atoms. The van der Waals surface area contributed by atoms with Crippen molar-refractivity contribution in [1.82, 2.24) is 14.2 Å². The van der Waals surface area contributed by atoms with Crippen LogP contribution in [0.15, 0.2) is 47.4 Å². The van der Waals surface area contributed by atoms with Crippen molar-refractivity contribution >= 4 is 42.6 Å². The number of fused-ring (bicyclic) bond motifs is 1. The van der Waals surface area contributed by atoms with E-state index < -0.39 is 10.0 Å². The predicted octanol–water partition coefficient (Wildman–Crippen LogP) is 4.48. The van der Waals surface area contributed by atoms with E-state index in [0.717, 1.165) is 62.3 Å². The standard InChI is InChI=1S/C28H38N4O5S2/c1-4-6-15-31(5-2)39(34,35)24-11-8-22(9-12-24)27(33)32(16-7-14-30-17-19-37-20-18-30)28-29-25-21-23(36-3)10-13-26(25)38-28/h8-13,21H,4-7,14-20H2,1-3H3. The van der Waals surface area contributed by atoms with Crippen LogP contribution in [0.2, 0.25) is 0 Å². The first kappa shape index (κ1) is 29.4. The summed E-state index contributed by atoms with van der Waals surface area (Å²) in [7, 11) is -2.00. The lowest BCUT2D eigenvalue weighted by molar-refractivity contribution is 0.0376. The first-order valence-corrected chi connectivity index (χ1v) is 15.8. The summed E-state index contributed by atoms with van der Waals surface area (Å²) in [6.45, 7) is 9.34. The summed E-state index contributed by atoms with van der Waals surface area (Å²) in [5.74, 6) is 0.506. The van der Waals surface area contributed by atoms with Crippen molar-refractivity contribution in [3.63, 3.8) is 0 Å². The van der Waals surface area contributed by atoms with E-state index in [1.54, 1.807) is 24.1 Å². The number of anilines is 1. The van der Waals surface area contributed by atoms with Gasteiger partial charge in [0.1, 0.15) is 5.75 Å². The minimum Gasteiger partial charge on any atom is -0.497 e. The molecule has 1 aliphatic heterocycles. The van der Waals surface area contributed by atoms with E-state index >= 15 is 0 Å². The highest BCUT2D eigenvalue weighted by Crippen LogP contribution is 2.32. The van der Waals surface area contributed by atoms with Crippen molar-refractivity contribution in [2.45, 2.75) is 38.0 Å². The largest absolute Gasteiger partial charge is 0.497 e. The molecule has 212 valence electrons. The second kappa shape index (κ2) is 13.7. The summed E-state index contributed by atoms with van der Waals surface area (Å²) in [6, 6.07) is 12.0. The number of morpholine rings is 1. The van der Waals surface area contributed by atoms with E-state index in [1.807, 2.05) is 32.0 Å². The van der Waals surface area contributed by atoms with E-state index in [9.17, 15) is 13.2 Å². The quantitative estimate of drug-likeness (QED) is 0.297. The van der Waals surface area contributed by atoms with Gasteiger partial charge in [0.2, 0.25) is 10.0 Å². The summed E-state index contributed by atoms with van der Waals surface area (Å²) in [5, 5.41) is 0.610. The van der Waals surface area contributed by atoms with Gasteiger partial charge in [0.05, 0.1) is 35.4 Å². The molecule has 0 radical (unpaired) electrons. The molecule has 0 aliphatic carbocycles. The van der Waals surface area contributed by atoms with Gasteiger partial charge in [0.25, 0.3) is 5.91 Å². The van der Waals surface area contributed by atoms with Gasteiger partial charge in [0.15, 0.2) is 5.13 Å². The summed E-state index contributed by atoms with van der Waals surface area (Å²) >= 11 is 1.46. The first-order chi connectivity index (χ1) is 18.9. The molecule has 2 heterocycles. The number of aromatic nitrogens is 1. The summed E-state index contributed by atoms with van der Waals surface area (Å²) in [5.41, 5.74) is 1.20. The molecule has 3 aromatic rings. The van der Waals surface area contributed by atoms with Gasteiger partial charge in [-0.15, -0.1) is 0 Å². The molecular formula is C28H38N4O5S2. The highest BCUT2D eigenvalue weighted by molar-refractivity contribution is 7.89. The Labute approximate surface area is 235 Å². The van der Waals surface area contributed by atoms with Crippen molar-refractivity contribution in [2.75, 3.05) is 64.5 Å². The number of hydrogen-bond acceptors (Lipinski definition) is 8. The van der Waals surface area contributed by atoms with E-state index in [2.05, 4.69) is 4.90 Å². The Kier molecular flexibility index (Phi) is 10.3. The maximum Gasteiger partial charge on any atom is 0.260 e. The van der Waals surface area contributed by atoms with Gasteiger partial charge in [-0.2, -0.15) is 4.31 Å². The lowest BCUT2D eigenvalue weighted by atomic mass is 10.2. The number of sulfonamides is 1. The number of benzene rings is 2. The van der Waals surface area contributed by atoms with E-state index in [4.69, 9.17) is 14.5 Å². The van der Waals surface area contributed by atoms with Crippen LogP contribution in [-0.4, -0.2) is 88.1 Å². The van der Waals surface area contributed by atoms with Crippen LogP contribution in [0.4, 0.5) is 5.13 Å². The minimum atomic E-state index is -3.62. The number of hydrogen-bond donors (Lipinski definition) is 0. The zero-order chi connectivity index (χ0) is 27.8. The second-order valence-electron chi connectivity index (χ2n) is 9.47. The Hall–Kier alpha value is -2.57. The maximum atomic E-state index is 13.8. The van der Waals surface area contributed by atoms with Crippen LogP contribution in [0, 0.1) is 0 Å². The van der Waals surface area contributed by atoms with Crippen LogP contribution in [0.1, 0.15) is 43.5 Å². The molecule has 1 aliphatic rings. The normalized spacial score (nSPS) is 14.7. The smallest absolute Gasteiger partial charge is 0.260 e. The Balaban J connectivity index is 1.57. The first-order valence-electron chi connectivity index (χ1n) is 13.5. The number of unbranched alkanes of at least 4 members (excludes halogenated alkanes) is 1. The molecule has 1 fully saturated rings. The summed E-state index contributed by atoms with van der Waals surface area (Å²) in [4.78, 5) is 22.8. The van der Waals surface area contributed by atoms with Crippen LogP contribution in [-0.2, 0) is 14.8 Å². The van der Waals surface area contributed by atoms with Gasteiger partial charge < -0.3 is 9.47 Å². The molecule has 0 saturated carbocycles. The molecule has 1 saturated heterocycles. The number of ether oxygens (including phenoxy) is 2. The number of carbonyl (C=O) groups is 1. The zero-order valence-electron chi connectivity index (χ0n) is 23.0. The predicted molar refractivity (Wildman–Crippen MR) is 156 cm³/mol. The van der Waals surface area contributed by atoms with Gasteiger partial charge in [-0.25, -0.2) is 13.4 Å². The third-order valence-corrected chi connectivity index (χ3v) is 9.92. The highest BCUT2D eigenvalue weighted by Gasteiger charge is 2.25. The number of methoxy groups -OCH3 is 1. The molecule has 1 aromatic heterocycles. The van der Waals surface area contributed by atoms with Crippen LogP contribution >= 0.6 is 11.3 Å². The van der Waals surface area contributed by atoms with Gasteiger partial charge >= 0.3 is 0 Å². The minimum absolute atomic E-state index is 0.197. The lowest BCUT2D eigenvalue weighted by Crippen LogP contribution is -2.39. The topological polar surface area (TPSA) is 92.3 Å². The van der Waals surface area contributed by atoms with E-state index in [0.29, 0.717) is 36.1 Å². The van der Waals surface area contributed by atoms with Gasteiger partial charge in [-0.05, 0) is 49.2 Å². The average Bonchev–Trinajstić information content (AvgIpc) is 3.39. The monoisotopic (exact) mass is 574 g/mol. The molecule has 0 unspecified atom stereocenters. The summed E-state index contributed by atoms with van der Waals surface area (Å²) in [6.07, 6.45) is 2.50. The Bertz CT molecular complexity index is 1340. The molecular weight excluding hydrogens is 536 g/mol. The average molecular weight is 575 g/mol. The fourth-order valence-electron chi connectivity index (χ4n) is 4.56. The zero-order valence-corrected chi connectivity index (χ0v) is 24.6.